The number of aliphatic imine (C=N–C) groups is 4. The van der Waals surface area contributed by atoms with Crippen molar-refractivity contribution in [2.45, 2.75) is 0 Å². The van der Waals surface area contributed by atoms with Crippen molar-refractivity contribution < 1.29 is 19.1 Å². The minimum atomic E-state index is -0.514. The zero-order valence-corrected chi connectivity index (χ0v) is 22.0. The molecule has 0 saturated carbocycles. The number of nitrogens with zero attached hydrogens (tertiary/aromatic N) is 4. The van der Waals surface area contributed by atoms with E-state index in [1.165, 1.54) is 0 Å². The van der Waals surface area contributed by atoms with E-state index < -0.39 is 11.9 Å². The summed E-state index contributed by atoms with van der Waals surface area (Å²) in [7, 11) is 0. The van der Waals surface area contributed by atoms with Gasteiger partial charge < -0.3 is 9.47 Å². The molecule has 8 bridgehead atoms. The van der Waals surface area contributed by atoms with E-state index in [1.807, 2.05) is 12.1 Å². The van der Waals surface area contributed by atoms with E-state index in [1.54, 1.807) is 109 Å². The lowest BCUT2D eigenvalue weighted by atomic mass is 10.2. The lowest BCUT2D eigenvalue weighted by Crippen LogP contribution is -2.12. The Morgan fingerprint density at radius 1 is 0.476 bits per heavy atom. The average Bonchev–Trinajstić information content (AvgIpc) is 3.84. The van der Waals surface area contributed by atoms with Gasteiger partial charge in [-0.3, -0.25) is 0 Å². The van der Waals surface area contributed by atoms with E-state index in [2.05, 4.69) is 20.0 Å². The number of ether oxygens (including phenoxy) is 2. The molecule has 5 aliphatic rings. The molecule has 0 fully saturated rings. The van der Waals surface area contributed by atoms with Crippen molar-refractivity contribution in [2.24, 2.45) is 20.0 Å². The summed E-state index contributed by atoms with van der Waals surface area (Å²) >= 11 is 0. The van der Waals surface area contributed by atoms with Crippen LogP contribution in [0.1, 0.15) is 20.7 Å². The van der Waals surface area contributed by atoms with Gasteiger partial charge >= 0.3 is 11.9 Å². The Bertz CT molecular complexity index is 1780. The molecule has 2 aromatic rings. The van der Waals surface area contributed by atoms with Gasteiger partial charge in [0.05, 0.1) is 33.9 Å². The zero-order valence-electron chi connectivity index (χ0n) is 22.0. The van der Waals surface area contributed by atoms with Gasteiger partial charge in [-0.05, 0) is 85.0 Å². The van der Waals surface area contributed by atoms with Crippen LogP contribution in [0, 0.1) is 0 Å². The number of hydrogen-bond acceptors (Lipinski definition) is 8. The van der Waals surface area contributed by atoms with Crippen molar-refractivity contribution in [3.8, 4) is 0 Å². The molecule has 0 spiro atoms. The zero-order chi connectivity index (χ0) is 28.5. The van der Waals surface area contributed by atoms with Crippen LogP contribution in [0.3, 0.4) is 0 Å². The molecule has 0 N–H and O–H groups in total. The third-order valence-electron chi connectivity index (χ3n) is 6.58. The summed E-state index contributed by atoms with van der Waals surface area (Å²) in [6, 6.07) is 17.5. The van der Waals surface area contributed by atoms with Gasteiger partial charge in [-0.15, -0.1) is 0 Å². The highest BCUT2D eigenvalue weighted by Gasteiger charge is 2.25. The molecule has 0 saturated heterocycles. The van der Waals surface area contributed by atoms with Crippen molar-refractivity contribution in [1.82, 2.24) is 0 Å². The van der Waals surface area contributed by atoms with E-state index >= 15 is 0 Å². The number of hydrogen-bond donors (Lipinski definition) is 0. The molecule has 0 atom stereocenters. The Morgan fingerprint density at radius 3 is 1.33 bits per heavy atom. The summed E-state index contributed by atoms with van der Waals surface area (Å²) < 4.78 is 11.7. The van der Waals surface area contributed by atoms with Crippen molar-refractivity contribution in [1.29, 1.82) is 0 Å². The maximum Gasteiger partial charge on any atom is 0.343 e. The standard InChI is InChI=1S/C34H20N4O4/c39-33(21-7-3-1-4-8-21)41-31-27-15-11-23(35-27)19-25-13-17-29(37-25)32(42-34(40)22-9-5-2-6-10-22)30-18-14-26(38-30)20-24-12-16-28(31)36-24/h1-20H. The largest absolute Gasteiger partial charge is 0.418 e. The summed E-state index contributed by atoms with van der Waals surface area (Å²) in [5.74, 6) is -0.545. The van der Waals surface area contributed by atoms with Gasteiger partial charge in [-0.2, -0.15) is 0 Å². The number of benzene rings is 2. The molecule has 200 valence electrons. The van der Waals surface area contributed by atoms with E-state index in [-0.39, 0.29) is 11.5 Å². The molecule has 0 unspecified atom stereocenters. The smallest absolute Gasteiger partial charge is 0.343 e. The van der Waals surface area contributed by atoms with Crippen molar-refractivity contribution in [2.75, 3.05) is 0 Å². The Morgan fingerprint density at radius 2 is 0.905 bits per heavy atom. The van der Waals surface area contributed by atoms with Gasteiger partial charge in [-0.25, -0.2) is 29.6 Å². The van der Waals surface area contributed by atoms with Crippen LogP contribution >= 0.6 is 0 Å². The van der Waals surface area contributed by atoms with Gasteiger partial charge in [0.25, 0.3) is 0 Å². The molecule has 8 nitrogen and oxygen atoms in total. The lowest BCUT2D eigenvalue weighted by molar-refractivity contribution is 0.0632. The molecular weight excluding hydrogens is 528 g/mol. The van der Waals surface area contributed by atoms with Crippen LogP contribution < -0.4 is 0 Å². The SMILES string of the molecule is O=C(OC1=C2C=CC(=N2)C=C2C=CC(=N2)C(OC(=O)c2ccccc2)=C2C=CC(=N2)C=C2C=CC1=N2)c1ccccc1. The fourth-order valence-corrected chi connectivity index (χ4v) is 4.57. The van der Waals surface area contributed by atoms with Crippen LogP contribution in [0.4, 0.5) is 0 Å². The fourth-order valence-electron chi connectivity index (χ4n) is 4.57. The van der Waals surface area contributed by atoms with Gasteiger partial charge in [0.2, 0.25) is 0 Å². The summed E-state index contributed by atoms with van der Waals surface area (Å²) in [5.41, 5.74) is 5.04. The highest BCUT2D eigenvalue weighted by Crippen LogP contribution is 2.27. The first-order valence-electron chi connectivity index (χ1n) is 13.1. The topological polar surface area (TPSA) is 102 Å². The minimum absolute atomic E-state index is 0.242. The molecule has 7 rings (SSSR count). The average molecular weight is 549 g/mol. The molecule has 0 amide bonds. The van der Waals surface area contributed by atoms with Crippen LogP contribution in [-0.2, 0) is 9.47 Å². The Balaban J connectivity index is 1.31. The summed E-state index contributed by atoms with van der Waals surface area (Å²) in [5, 5.41) is 0. The third kappa shape index (κ3) is 5.00. The third-order valence-corrected chi connectivity index (χ3v) is 6.58. The Labute approximate surface area is 240 Å². The quantitative estimate of drug-likeness (QED) is 0.441. The van der Waals surface area contributed by atoms with Gasteiger partial charge in [0, 0.05) is 0 Å². The van der Waals surface area contributed by atoms with E-state index in [9.17, 15) is 9.59 Å². The number of carbonyl (C=O) groups is 2. The maximum atomic E-state index is 13.0. The predicted molar refractivity (Wildman–Crippen MR) is 160 cm³/mol. The lowest BCUT2D eigenvalue weighted by Gasteiger charge is -2.09. The van der Waals surface area contributed by atoms with Gasteiger partial charge in [-0.1, -0.05) is 36.4 Å². The summed E-state index contributed by atoms with van der Waals surface area (Å²) in [6.45, 7) is 0. The maximum absolute atomic E-state index is 13.0. The second-order valence-electron chi connectivity index (χ2n) is 9.48. The molecule has 0 aromatic heterocycles. The van der Waals surface area contributed by atoms with Crippen LogP contribution in [0.2, 0.25) is 0 Å². The minimum Gasteiger partial charge on any atom is -0.418 e. The van der Waals surface area contributed by atoms with Crippen molar-refractivity contribution >= 4 is 34.8 Å². The predicted octanol–water partition coefficient (Wildman–Crippen LogP) is 5.95. The molecule has 5 heterocycles. The number of carbonyl (C=O) groups excluding carboxylic acids is 2. The Hall–Kier alpha value is -6.02. The molecule has 0 radical (unpaired) electrons. The van der Waals surface area contributed by atoms with Gasteiger partial charge in [0.15, 0.2) is 11.5 Å². The first-order valence-corrected chi connectivity index (χ1v) is 13.1. The summed E-state index contributed by atoms with van der Waals surface area (Å²) in [6.07, 6.45) is 17.9. The number of esters is 2. The van der Waals surface area contributed by atoms with Crippen molar-refractivity contribution in [3.05, 3.63) is 167 Å². The second kappa shape index (κ2) is 10.5. The molecule has 42 heavy (non-hydrogen) atoms. The van der Waals surface area contributed by atoms with Crippen LogP contribution in [0.25, 0.3) is 0 Å². The van der Waals surface area contributed by atoms with Crippen LogP contribution in [0.5, 0.6) is 0 Å². The first-order chi connectivity index (χ1) is 20.6. The van der Waals surface area contributed by atoms with Crippen LogP contribution in [-0.4, -0.2) is 34.8 Å². The number of rotatable bonds is 4. The highest BCUT2D eigenvalue weighted by molar-refractivity contribution is 6.17. The normalized spacial score (nSPS) is 18.0. The molecular formula is C34H20N4O4. The molecule has 8 heteroatoms. The van der Waals surface area contributed by atoms with Crippen LogP contribution in [0.15, 0.2) is 176 Å². The number of fused-ring (bicyclic) bond motifs is 4. The molecule has 0 aliphatic carbocycles. The van der Waals surface area contributed by atoms with E-state index in [4.69, 9.17) is 9.47 Å². The monoisotopic (exact) mass is 548 g/mol. The molecule has 5 aliphatic heterocycles. The Kier molecular flexibility index (Phi) is 6.25. The summed E-state index contributed by atoms with van der Waals surface area (Å²) in [4.78, 5) is 44.8. The van der Waals surface area contributed by atoms with Gasteiger partial charge in [0.1, 0.15) is 22.8 Å². The van der Waals surface area contributed by atoms with E-state index in [0.717, 1.165) is 0 Å². The number of allylic oxidation sites excluding steroid dienone is 10. The fraction of sp³-hybridized carbons (Fsp3) is 0. The highest BCUT2D eigenvalue weighted by atomic mass is 16.5. The first kappa shape index (κ1) is 25.0. The van der Waals surface area contributed by atoms with E-state index in [0.29, 0.717) is 56.8 Å². The van der Waals surface area contributed by atoms with Crippen molar-refractivity contribution in [3.63, 3.8) is 0 Å². The second-order valence-corrected chi connectivity index (χ2v) is 9.48. The molecule has 2 aromatic carbocycles.